The first-order chi connectivity index (χ1) is 22.5. The zero-order valence-corrected chi connectivity index (χ0v) is 26.5. The van der Waals surface area contributed by atoms with E-state index in [1.807, 2.05) is 6.92 Å². The summed E-state index contributed by atoms with van der Waals surface area (Å²) in [6, 6.07) is 13.0. The van der Waals surface area contributed by atoms with Gasteiger partial charge in [0.2, 0.25) is 16.2 Å². The summed E-state index contributed by atoms with van der Waals surface area (Å²) >= 11 is 0. The second kappa shape index (κ2) is 15.8. The molecule has 2 aliphatic rings. The first-order valence-electron chi connectivity index (χ1n) is 14.7. The van der Waals surface area contributed by atoms with E-state index in [9.17, 15) is 27.6 Å². The molecule has 0 aliphatic carbocycles. The number of para-hydroxylation sites is 1. The van der Waals surface area contributed by atoms with Gasteiger partial charge in [-0.3, -0.25) is 24.6 Å². The molecule has 3 atom stereocenters. The summed E-state index contributed by atoms with van der Waals surface area (Å²) < 4.78 is 34.4. The van der Waals surface area contributed by atoms with Crippen LogP contribution in [-0.2, 0) is 43.8 Å². The Bertz CT molecular complexity index is 1760. The van der Waals surface area contributed by atoms with E-state index in [0.29, 0.717) is 23.3 Å². The third-order valence-electron chi connectivity index (χ3n) is 7.31. The van der Waals surface area contributed by atoms with Crippen LogP contribution >= 0.6 is 0 Å². The number of benzene rings is 2. The molecule has 0 saturated carbocycles. The zero-order chi connectivity index (χ0) is 34.1. The number of fused-ring (bicyclic) bond motifs is 1. The summed E-state index contributed by atoms with van der Waals surface area (Å²) in [6.07, 6.45) is -1.49. The van der Waals surface area contributed by atoms with Crippen molar-refractivity contribution in [2.45, 2.75) is 51.3 Å². The number of nitrogen functional groups attached to an aromatic ring is 1. The van der Waals surface area contributed by atoms with Crippen LogP contribution in [-0.4, -0.2) is 80.3 Å². The van der Waals surface area contributed by atoms with Crippen molar-refractivity contribution in [1.82, 2.24) is 10.6 Å². The lowest BCUT2D eigenvalue weighted by atomic mass is 9.99. The summed E-state index contributed by atoms with van der Waals surface area (Å²) in [5, 5.41) is 16.6. The van der Waals surface area contributed by atoms with Crippen LogP contribution in [0.2, 0.25) is 0 Å². The third kappa shape index (κ3) is 8.66. The van der Waals surface area contributed by atoms with Crippen molar-refractivity contribution in [2.24, 2.45) is 21.8 Å². The van der Waals surface area contributed by atoms with Gasteiger partial charge < -0.3 is 30.7 Å². The molecular formula is C31H34N6O9S. The molecule has 2 unspecified atom stereocenters. The zero-order valence-electron chi connectivity index (χ0n) is 25.6. The van der Waals surface area contributed by atoms with Gasteiger partial charge in [0.1, 0.15) is 28.9 Å². The topological polar surface area (TPSA) is 229 Å². The molecule has 2 amide bonds. The number of carbonyl (C=O) groups excluding carboxylic acids is 4. The second-order valence-corrected chi connectivity index (χ2v) is 11.5. The van der Waals surface area contributed by atoms with Crippen LogP contribution in [0, 0.1) is 11.3 Å². The fourth-order valence-corrected chi connectivity index (χ4v) is 5.53. The van der Waals surface area contributed by atoms with Gasteiger partial charge >= 0.3 is 11.9 Å². The molecule has 0 fully saturated rings. The number of hydrogen-bond acceptors (Lipinski definition) is 12. The Balaban J connectivity index is 1.53. The number of carbonyl (C=O) groups is 4. The summed E-state index contributed by atoms with van der Waals surface area (Å²) in [5.41, 5.74) is 7.29. The van der Waals surface area contributed by atoms with E-state index in [-0.39, 0.29) is 41.4 Å². The smallest absolute Gasteiger partial charge is 0.313 e. The molecule has 4 rings (SSSR count). The van der Waals surface area contributed by atoms with Crippen LogP contribution in [0.25, 0.3) is 0 Å². The fraction of sp³-hybridized carbons (Fsp3) is 0.355. The van der Waals surface area contributed by atoms with Crippen LogP contribution in [0.5, 0.6) is 0 Å². The van der Waals surface area contributed by atoms with Crippen molar-refractivity contribution in [1.29, 1.82) is 5.41 Å². The highest BCUT2D eigenvalue weighted by Crippen LogP contribution is 2.27. The van der Waals surface area contributed by atoms with Gasteiger partial charge in [-0.2, -0.15) is 8.42 Å². The Hall–Kier alpha value is -5.38. The maximum atomic E-state index is 13.5. The van der Waals surface area contributed by atoms with Crippen molar-refractivity contribution in [3.05, 3.63) is 65.2 Å². The number of amides is 2. The second-order valence-electron chi connectivity index (χ2n) is 10.6. The normalized spacial score (nSPS) is 16.0. The lowest BCUT2D eigenvalue weighted by Gasteiger charge is -2.27. The first-order valence-corrected chi connectivity index (χ1v) is 15.8. The van der Waals surface area contributed by atoms with Gasteiger partial charge in [-0.05, 0) is 18.1 Å². The number of amidine groups is 1. The average molecular weight is 667 g/mol. The molecular weight excluding hydrogens is 632 g/mol. The number of rotatable bonds is 14. The van der Waals surface area contributed by atoms with Crippen LogP contribution < -0.4 is 16.4 Å². The molecule has 47 heavy (non-hydrogen) atoms. The van der Waals surface area contributed by atoms with Crippen LogP contribution in [0.4, 0.5) is 5.69 Å². The predicted molar refractivity (Wildman–Crippen MR) is 171 cm³/mol. The van der Waals surface area contributed by atoms with Gasteiger partial charge in [0.15, 0.2) is 5.71 Å². The molecule has 0 spiro atoms. The van der Waals surface area contributed by atoms with E-state index in [2.05, 4.69) is 20.8 Å². The van der Waals surface area contributed by atoms with Crippen molar-refractivity contribution in [3.8, 4) is 0 Å². The number of methoxy groups -OCH3 is 1. The molecule has 5 N–H and O–H groups in total. The highest BCUT2D eigenvalue weighted by atomic mass is 32.2. The maximum absolute atomic E-state index is 13.5. The monoisotopic (exact) mass is 666 g/mol. The molecule has 248 valence electrons. The highest BCUT2D eigenvalue weighted by Gasteiger charge is 2.38. The number of hydrogen-bond donors (Lipinski definition) is 4. The number of nitrogens with two attached hydrogens (primary N) is 1. The Morgan fingerprint density at radius 2 is 1.83 bits per heavy atom. The standard InChI is InChI=1S/C31H34N6O9S/c1-3-4-13-45-25(39)16-21(31(41)44-2)29(36-30(40)26-27(47(42)43)20-7-5-6-8-22(20)34-26)35-24(38)15-19-14-23(37-46-19)17-9-11-18(12-10-17)28(32)33/h5-12,19,21,29H,3-4,13-16H2,1-2H3,(H3,32,33)(H,35,38)(H,36,40)/t19?,21?,29-/m1/s1. The van der Waals surface area contributed by atoms with Gasteiger partial charge in [0.05, 0.1) is 38.0 Å². The summed E-state index contributed by atoms with van der Waals surface area (Å²) in [6.45, 7) is 2.01. The molecule has 0 radical (unpaired) electrons. The Morgan fingerprint density at radius 1 is 1.11 bits per heavy atom. The number of aliphatic imine (C=N–C) groups is 1. The molecule has 2 heterocycles. The first kappa shape index (κ1) is 34.5. The van der Waals surface area contributed by atoms with Gasteiger partial charge in [0, 0.05) is 17.5 Å². The summed E-state index contributed by atoms with van der Waals surface area (Å²) in [5.74, 6) is -4.94. The van der Waals surface area contributed by atoms with E-state index in [0.717, 1.165) is 13.5 Å². The van der Waals surface area contributed by atoms with E-state index in [1.54, 1.807) is 36.4 Å². The quantitative estimate of drug-likeness (QED) is 0.0561. The Kier molecular flexibility index (Phi) is 11.6. The third-order valence-corrected chi connectivity index (χ3v) is 8.06. The fourth-order valence-electron chi connectivity index (χ4n) is 4.88. The minimum absolute atomic E-state index is 0.0863. The van der Waals surface area contributed by atoms with Gasteiger partial charge in [-0.1, -0.05) is 61.0 Å². The van der Waals surface area contributed by atoms with Gasteiger partial charge in [-0.15, -0.1) is 0 Å². The average Bonchev–Trinajstić information content (AvgIpc) is 3.68. The molecule has 2 aliphatic heterocycles. The molecule has 0 bridgehead atoms. The Labute approximate surface area is 271 Å². The van der Waals surface area contributed by atoms with Crippen molar-refractivity contribution in [2.75, 3.05) is 13.7 Å². The highest BCUT2D eigenvalue weighted by molar-refractivity contribution is 7.76. The largest absolute Gasteiger partial charge is 0.469 e. The van der Waals surface area contributed by atoms with E-state index in [4.69, 9.17) is 25.5 Å². The lowest BCUT2D eigenvalue weighted by molar-refractivity contribution is -0.155. The van der Waals surface area contributed by atoms with Crippen molar-refractivity contribution in [3.63, 3.8) is 0 Å². The number of nitrogens with one attached hydrogen (secondary N) is 3. The SMILES string of the molecule is CCCCOC(=O)CC(C(=O)OC)[C@H](NC(=O)CC1CC(c2ccc(C(=N)N)cc2)=NO1)NC(=O)C1=Nc2ccccc2C1=S(=O)=O. The minimum atomic E-state index is -2.86. The van der Waals surface area contributed by atoms with Crippen LogP contribution in [0.3, 0.4) is 0 Å². The van der Waals surface area contributed by atoms with E-state index < -0.39 is 64.4 Å². The molecule has 2 aromatic rings. The molecule has 2 aromatic carbocycles. The van der Waals surface area contributed by atoms with Crippen molar-refractivity contribution < 1.29 is 41.9 Å². The van der Waals surface area contributed by atoms with E-state index in [1.165, 1.54) is 12.1 Å². The molecule has 0 aromatic heterocycles. The molecule has 15 nitrogen and oxygen atoms in total. The summed E-state index contributed by atoms with van der Waals surface area (Å²) in [4.78, 5) is 61.7. The number of unbranched alkanes of at least 4 members (excludes halogenated alkanes) is 1. The molecule has 0 saturated heterocycles. The van der Waals surface area contributed by atoms with Crippen LogP contribution in [0.15, 0.2) is 58.7 Å². The summed E-state index contributed by atoms with van der Waals surface area (Å²) in [7, 11) is -1.78. The Morgan fingerprint density at radius 3 is 2.49 bits per heavy atom. The minimum Gasteiger partial charge on any atom is -0.469 e. The van der Waals surface area contributed by atoms with Gasteiger partial charge in [-0.25, -0.2) is 4.99 Å². The number of esters is 2. The molecule has 16 heteroatoms. The van der Waals surface area contributed by atoms with Crippen LogP contribution in [0.1, 0.15) is 55.7 Å². The maximum Gasteiger partial charge on any atom is 0.313 e. The predicted octanol–water partition coefficient (Wildman–Crippen LogP) is 1.12. The number of nitrogens with zero attached hydrogens (tertiary/aromatic N) is 2. The van der Waals surface area contributed by atoms with E-state index >= 15 is 0 Å². The van der Waals surface area contributed by atoms with Crippen molar-refractivity contribution >= 4 is 61.9 Å². The number of ether oxygens (including phenoxy) is 2. The van der Waals surface area contributed by atoms with Gasteiger partial charge in [0.25, 0.3) is 5.91 Å². The number of oxime groups is 1. The lowest BCUT2D eigenvalue weighted by Crippen LogP contribution is -2.57.